The molecule has 0 aromatic heterocycles. The monoisotopic (exact) mass is 425 g/mol. The molecule has 3 aromatic rings. The smallest absolute Gasteiger partial charge is 0.255 e. The Balaban J connectivity index is 1.39. The molecule has 0 aliphatic carbocycles. The fraction of sp³-hybridized carbons (Fsp3) is 0.143. The van der Waals surface area contributed by atoms with Gasteiger partial charge in [-0.25, -0.2) is 13.8 Å². The van der Waals surface area contributed by atoms with Crippen molar-refractivity contribution in [1.29, 1.82) is 0 Å². The fourth-order valence-electron chi connectivity index (χ4n) is 3.00. The minimum absolute atomic E-state index is 0.125. The van der Waals surface area contributed by atoms with E-state index in [1.165, 1.54) is 19.3 Å². The van der Waals surface area contributed by atoms with Crippen molar-refractivity contribution in [3.8, 4) is 11.5 Å². The second-order valence-corrected chi connectivity index (χ2v) is 8.72. The number of nitrogens with one attached hydrogen (secondary N) is 1. The SMILES string of the molecule is CN(CC(=O)NN=Cc1ccc2c(c1)OCO2)S(=O)(=O)c1ccc2ccccc2c1. The molecular formula is C21H19N3O5S. The van der Waals surface area contributed by atoms with E-state index in [0.29, 0.717) is 17.1 Å². The molecule has 154 valence electrons. The average Bonchev–Trinajstić information content (AvgIpc) is 3.21. The van der Waals surface area contributed by atoms with Crippen LogP contribution in [0.4, 0.5) is 0 Å². The maximum absolute atomic E-state index is 12.8. The van der Waals surface area contributed by atoms with Gasteiger partial charge in [0.2, 0.25) is 16.8 Å². The molecule has 8 nitrogen and oxygen atoms in total. The number of hydrazone groups is 1. The van der Waals surface area contributed by atoms with Gasteiger partial charge in [0.1, 0.15) is 0 Å². The third-order valence-corrected chi connectivity index (χ3v) is 6.39. The van der Waals surface area contributed by atoms with Crippen molar-refractivity contribution in [3.63, 3.8) is 0 Å². The Hall–Kier alpha value is -3.43. The molecule has 1 N–H and O–H groups in total. The number of nitrogens with zero attached hydrogens (tertiary/aromatic N) is 2. The highest BCUT2D eigenvalue weighted by molar-refractivity contribution is 7.89. The summed E-state index contributed by atoms with van der Waals surface area (Å²) in [5.41, 5.74) is 3.04. The zero-order valence-corrected chi connectivity index (χ0v) is 16.9. The lowest BCUT2D eigenvalue weighted by molar-refractivity contribution is -0.121. The predicted molar refractivity (Wildman–Crippen MR) is 112 cm³/mol. The van der Waals surface area contributed by atoms with Crippen molar-refractivity contribution >= 4 is 32.9 Å². The normalized spacial score (nSPS) is 13.3. The first-order chi connectivity index (χ1) is 14.4. The molecule has 0 radical (unpaired) electrons. The van der Waals surface area contributed by atoms with Crippen LogP contribution in [0.3, 0.4) is 0 Å². The molecule has 0 atom stereocenters. The van der Waals surface area contributed by atoms with E-state index in [2.05, 4.69) is 10.5 Å². The summed E-state index contributed by atoms with van der Waals surface area (Å²) in [7, 11) is -2.47. The molecule has 1 aliphatic heterocycles. The summed E-state index contributed by atoms with van der Waals surface area (Å²) in [6.45, 7) is -0.196. The number of carbonyl (C=O) groups is 1. The molecule has 1 aliphatic rings. The van der Waals surface area contributed by atoms with Gasteiger partial charge in [-0.1, -0.05) is 30.3 Å². The van der Waals surface area contributed by atoms with Crippen molar-refractivity contribution in [2.45, 2.75) is 4.90 Å². The van der Waals surface area contributed by atoms with E-state index in [1.807, 2.05) is 24.3 Å². The average molecular weight is 425 g/mol. The largest absolute Gasteiger partial charge is 0.454 e. The van der Waals surface area contributed by atoms with Gasteiger partial charge in [0.15, 0.2) is 11.5 Å². The predicted octanol–water partition coefficient (Wildman–Crippen LogP) is 2.34. The molecule has 0 fully saturated rings. The second-order valence-electron chi connectivity index (χ2n) is 6.68. The first kappa shape index (κ1) is 19.9. The minimum Gasteiger partial charge on any atom is -0.454 e. The summed E-state index contributed by atoms with van der Waals surface area (Å²) >= 11 is 0. The first-order valence-electron chi connectivity index (χ1n) is 9.10. The third kappa shape index (κ3) is 4.12. The summed E-state index contributed by atoms with van der Waals surface area (Å²) in [6.07, 6.45) is 1.44. The summed E-state index contributed by atoms with van der Waals surface area (Å²) in [6, 6.07) is 17.6. The topological polar surface area (TPSA) is 97.3 Å². The summed E-state index contributed by atoms with van der Waals surface area (Å²) in [4.78, 5) is 12.3. The third-order valence-electron chi connectivity index (χ3n) is 4.59. The molecule has 1 amide bonds. The quantitative estimate of drug-likeness (QED) is 0.483. The number of hydrogen-bond donors (Lipinski definition) is 1. The second kappa shape index (κ2) is 8.13. The van der Waals surface area contributed by atoms with Crippen molar-refractivity contribution in [1.82, 2.24) is 9.73 Å². The molecule has 1 heterocycles. The fourth-order valence-corrected chi connectivity index (χ4v) is 4.17. The molecule has 9 heteroatoms. The van der Waals surface area contributed by atoms with Crippen LogP contribution in [-0.2, 0) is 14.8 Å². The van der Waals surface area contributed by atoms with Gasteiger partial charge in [0.05, 0.1) is 17.7 Å². The Morgan fingerprint density at radius 3 is 2.67 bits per heavy atom. The van der Waals surface area contributed by atoms with Crippen LogP contribution in [0.1, 0.15) is 5.56 Å². The molecule has 0 spiro atoms. The maximum atomic E-state index is 12.8. The number of sulfonamides is 1. The molecule has 3 aromatic carbocycles. The molecule has 4 rings (SSSR count). The lowest BCUT2D eigenvalue weighted by Gasteiger charge is -2.16. The minimum atomic E-state index is -3.82. The van der Waals surface area contributed by atoms with E-state index in [9.17, 15) is 13.2 Å². The number of amides is 1. The van der Waals surface area contributed by atoms with Gasteiger partial charge in [-0.3, -0.25) is 4.79 Å². The Morgan fingerprint density at radius 2 is 1.83 bits per heavy atom. The highest BCUT2D eigenvalue weighted by atomic mass is 32.2. The standard InChI is InChI=1S/C21H19N3O5S/c1-24(30(26,27)18-8-7-16-4-2-3-5-17(16)11-18)13-21(25)23-22-12-15-6-9-19-20(10-15)29-14-28-19/h2-12H,13-14H2,1H3,(H,23,25). The summed E-state index contributed by atoms with van der Waals surface area (Å²) < 4.78 is 37.1. The van der Waals surface area contributed by atoms with Gasteiger partial charge in [-0.2, -0.15) is 9.41 Å². The van der Waals surface area contributed by atoms with Gasteiger partial charge >= 0.3 is 0 Å². The van der Waals surface area contributed by atoms with Crippen molar-refractivity contribution in [3.05, 3.63) is 66.2 Å². The van der Waals surface area contributed by atoms with E-state index in [1.54, 1.807) is 30.3 Å². The first-order valence-corrected chi connectivity index (χ1v) is 10.5. The van der Waals surface area contributed by atoms with Crippen LogP contribution in [0.2, 0.25) is 0 Å². The van der Waals surface area contributed by atoms with E-state index in [0.717, 1.165) is 15.1 Å². The van der Waals surface area contributed by atoms with Crippen LogP contribution in [0.25, 0.3) is 10.8 Å². The van der Waals surface area contributed by atoms with E-state index in [-0.39, 0.29) is 18.2 Å². The molecular weight excluding hydrogens is 406 g/mol. The molecule has 0 saturated heterocycles. The van der Waals surface area contributed by atoms with Crippen molar-refractivity contribution < 1.29 is 22.7 Å². The van der Waals surface area contributed by atoms with Gasteiger partial charge in [-0.15, -0.1) is 0 Å². The number of benzene rings is 3. The van der Waals surface area contributed by atoms with E-state index >= 15 is 0 Å². The van der Waals surface area contributed by atoms with Crippen molar-refractivity contribution in [2.75, 3.05) is 20.4 Å². The number of ether oxygens (including phenoxy) is 2. The molecule has 0 unspecified atom stereocenters. The zero-order valence-electron chi connectivity index (χ0n) is 16.1. The number of hydrogen-bond acceptors (Lipinski definition) is 6. The number of likely N-dealkylation sites (N-methyl/N-ethyl adjacent to an activating group) is 1. The highest BCUT2D eigenvalue weighted by Crippen LogP contribution is 2.31. The van der Waals surface area contributed by atoms with Crippen LogP contribution in [0.15, 0.2) is 70.7 Å². The van der Waals surface area contributed by atoms with Crippen LogP contribution in [-0.4, -0.2) is 45.2 Å². The molecule has 30 heavy (non-hydrogen) atoms. The van der Waals surface area contributed by atoms with Gasteiger partial charge < -0.3 is 9.47 Å². The Kier molecular flexibility index (Phi) is 5.39. The van der Waals surface area contributed by atoms with Gasteiger partial charge in [0, 0.05) is 7.05 Å². The lowest BCUT2D eigenvalue weighted by atomic mass is 10.1. The van der Waals surface area contributed by atoms with Gasteiger partial charge in [0.25, 0.3) is 5.91 Å². The molecule has 0 saturated carbocycles. The maximum Gasteiger partial charge on any atom is 0.255 e. The van der Waals surface area contributed by atoms with Crippen LogP contribution in [0, 0.1) is 0 Å². The number of carbonyl (C=O) groups excluding carboxylic acids is 1. The summed E-state index contributed by atoms with van der Waals surface area (Å²) in [5.74, 6) is 0.696. The van der Waals surface area contributed by atoms with Crippen LogP contribution < -0.4 is 14.9 Å². The lowest BCUT2D eigenvalue weighted by Crippen LogP contribution is -2.36. The van der Waals surface area contributed by atoms with Gasteiger partial charge in [-0.05, 0) is 46.7 Å². The molecule has 0 bridgehead atoms. The van der Waals surface area contributed by atoms with Crippen LogP contribution in [0.5, 0.6) is 11.5 Å². The number of fused-ring (bicyclic) bond motifs is 2. The summed E-state index contributed by atoms with van der Waals surface area (Å²) in [5, 5.41) is 5.62. The Labute approximate surface area is 173 Å². The zero-order chi connectivity index (χ0) is 21.1. The van der Waals surface area contributed by atoms with Crippen molar-refractivity contribution in [2.24, 2.45) is 5.10 Å². The Bertz CT molecular complexity index is 1240. The number of rotatable bonds is 6. The Morgan fingerprint density at radius 1 is 1.07 bits per heavy atom. The highest BCUT2D eigenvalue weighted by Gasteiger charge is 2.23. The van der Waals surface area contributed by atoms with E-state index in [4.69, 9.17) is 9.47 Å². The van der Waals surface area contributed by atoms with E-state index < -0.39 is 15.9 Å². The van der Waals surface area contributed by atoms with Crippen LogP contribution >= 0.6 is 0 Å².